The monoisotopic (exact) mass is 571 g/mol. The van der Waals surface area contributed by atoms with Crippen LogP contribution in [0.4, 0.5) is 28.0 Å². The van der Waals surface area contributed by atoms with E-state index in [1.54, 1.807) is 45.0 Å². The van der Waals surface area contributed by atoms with Crippen molar-refractivity contribution in [3.05, 3.63) is 63.9 Å². The highest BCUT2D eigenvalue weighted by atomic mass is 79.9. The van der Waals surface area contributed by atoms with Crippen molar-refractivity contribution in [3.63, 3.8) is 0 Å². The summed E-state index contributed by atoms with van der Waals surface area (Å²) >= 11 is 3.12. The molecule has 1 aliphatic rings. The van der Waals surface area contributed by atoms with Gasteiger partial charge in [-0.1, -0.05) is 40.2 Å². The second kappa shape index (κ2) is 11.0. The summed E-state index contributed by atoms with van der Waals surface area (Å²) in [7, 11) is 0. The van der Waals surface area contributed by atoms with E-state index in [1.165, 1.54) is 12.1 Å². The van der Waals surface area contributed by atoms with Crippen LogP contribution in [0.3, 0.4) is 0 Å². The molecule has 0 aliphatic carbocycles. The molecule has 1 heterocycles. The summed E-state index contributed by atoms with van der Waals surface area (Å²) in [4.78, 5) is 28.7. The molecule has 194 valence electrons. The largest absolute Gasteiger partial charge is 0.444 e. The molecule has 11 heteroatoms. The lowest BCUT2D eigenvalue weighted by Gasteiger charge is -2.28. The Kier molecular flexibility index (Phi) is 8.43. The molecule has 2 aromatic carbocycles. The van der Waals surface area contributed by atoms with Crippen molar-refractivity contribution in [3.8, 4) is 0 Å². The molecule has 0 aromatic heterocycles. The van der Waals surface area contributed by atoms with Gasteiger partial charge in [-0.25, -0.2) is 9.18 Å². The van der Waals surface area contributed by atoms with Crippen LogP contribution >= 0.6 is 15.9 Å². The van der Waals surface area contributed by atoms with Crippen molar-refractivity contribution < 1.29 is 31.9 Å². The van der Waals surface area contributed by atoms with Gasteiger partial charge in [0.25, 0.3) is 0 Å². The molecule has 1 aliphatic heterocycles. The van der Waals surface area contributed by atoms with E-state index in [-0.39, 0.29) is 18.7 Å². The molecule has 0 fully saturated rings. The van der Waals surface area contributed by atoms with Gasteiger partial charge in [0.2, 0.25) is 5.91 Å². The lowest BCUT2D eigenvalue weighted by atomic mass is 9.86. The highest BCUT2D eigenvalue weighted by molar-refractivity contribution is 9.10. The van der Waals surface area contributed by atoms with Gasteiger partial charge in [0.05, 0.1) is 11.7 Å². The second-order valence-corrected chi connectivity index (χ2v) is 10.4. The molecule has 6 nitrogen and oxygen atoms in total. The van der Waals surface area contributed by atoms with E-state index in [0.717, 1.165) is 6.07 Å². The molecule has 2 aromatic rings. The summed E-state index contributed by atoms with van der Waals surface area (Å²) in [5, 5.41) is 5.00. The van der Waals surface area contributed by atoms with E-state index >= 15 is 0 Å². The average molecular weight is 572 g/mol. The maximum atomic E-state index is 14.2. The van der Waals surface area contributed by atoms with Gasteiger partial charge in [0.1, 0.15) is 17.1 Å². The third-order valence-corrected chi connectivity index (χ3v) is 5.81. The third kappa shape index (κ3) is 7.78. The first kappa shape index (κ1) is 27.6. The molecular formula is C25H26BrF4N3O3. The minimum Gasteiger partial charge on any atom is -0.444 e. The number of nitrogens with one attached hydrogen (secondary N) is 2. The molecule has 2 N–H and O–H groups in total. The predicted octanol–water partition coefficient (Wildman–Crippen LogP) is 6.71. The Morgan fingerprint density at radius 1 is 1.14 bits per heavy atom. The first-order valence-corrected chi connectivity index (χ1v) is 12.0. The van der Waals surface area contributed by atoms with Crippen molar-refractivity contribution in [2.75, 3.05) is 5.32 Å². The van der Waals surface area contributed by atoms with Gasteiger partial charge in [0.15, 0.2) is 0 Å². The molecule has 2 unspecified atom stereocenters. The summed E-state index contributed by atoms with van der Waals surface area (Å²) in [6, 6.07) is 9.66. The summed E-state index contributed by atoms with van der Waals surface area (Å²) in [5.41, 5.74) is -0.748. The Morgan fingerprint density at radius 3 is 2.50 bits per heavy atom. The van der Waals surface area contributed by atoms with E-state index < -0.39 is 53.7 Å². The molecular weight excluding hydrogens is 546 g/mol. The van der Waals surface area contributed by atoms with Crippen LogP contribution in [0.15, 0.2) is 51.9 Å². The Hall–Kier alpha value is -2.95. The van der Waals surface area contributed by atoms with Crippen molar-refractivity contribution in [2.45, 2.75) is 58.0 Å². The number of hydrogen-bond donors (Lipinski definition) is 2. The number of hydrogen-bond acceptors (Lipinski definition) is 4. The van der Waals surface area contributed by atoms with Crippen molar-refractivity contribution in [2.24, 2.45) is 10.9 Å². The van der Waals surface area contributed by atoms with Gasteiger partial charge in [-0.05, 0) is 56.5 Å². The van der Waals surface area contributed by atoms with Crippen LogP contribution in [-0.4, -0.2) is 29.5 Å². The Labute approximate surface area is 214 Å². The van der Waals surface area contributed by atoms with Crippen molar-refractivity contribution in [1.29, 1.82) is 0 Å². The number of alkyl halides is 3. The van der Waals surface area contributed by atoms with Crippen LogP contribution in [0.25, 0.3) is 0 Å². The van der Waals surface area contributed by atoms with E-state index in [9.17, 15) is 27.2 Å². The minimum absolute atomic E-state index is 0.00646. The number of carbonyl (C=O) groups is 2. The zero-order valence-corrected chi connectivity index (χ0v) is 21.5. The molecule has 0 spiro atoms. The number of halogens is 5. The van der Waals surface area contributed by atoms with Crippen LogP contribution in [0.1, 0.15) is 50.8 Å². The first-order chi connectivity index (χ1) is 16.7. The summed E-state index contributed by atoms with van der Waals surface area (Å²) in [6.07, 6.45) is -5.94. The number of carbonyl (C=O) groups excluding carboxylic acids is 2. The van der Waals surface area contributed by atoms with E-state index in [1.807, 2.05) is 0 Å². The van der Waals surface area contributed by atoms with Crippen molar-refractivity contribution >= 4 is 39.3 Å². The van der Waals surface area contributed by atoms with Crippen LogP contribution in [0, 0.1) is 11.7 Å². The third-order valence-electron chi connectivity index (χ3n) is 5.32. The maximum absolute atomic E-state index is 14.2. The van der Waals surface area contributed by atoms with Gasteiger partial charge in [0, 0.05) is 23.4 Å². The molecule has 3 rings (SSSR count). The summed E-state index contributed by atoms with van der Waals surface area (Å²) < 4.78 is 60.7. The summed E-state index contributed by atoms with van der Waals surface area (Å²) in [5.74, 6) is -2.50. The predicted molar refractivity (Wildman–Crippen MR) is 131 cm³/mol. The van der Waals surface area contributed by atoms with Gasteiger partial charge in [-0.2, -0.15) is 13.2 Å². The normalized spacial score (nSPS) is 18.3. The number of nitrogens with zero attached hydrogens (tertiary/aromatic N) is 1. The Bertz CT molecular complexity index is 1160. The average Bonchev–Trinajstić information content (AvgIpc) is 2.77. The maximum Gasteiger partial charge on any atom is 0.429 e. The molecule has 0 saturated heterocycles. The highest BCUT2D eigenvalue weighted by Gasteiger charge is 2.42. The van der Waals surface area contributed by atoms with Crippen LogP contribution < -0.4 is 10.6 Å². The van der Waals surface area contributed by atoms with E-state index in [0.29, 0.717) is 15.6 Å². The molecule has 0 radical (unpaired) electrons. The van der Waals surface area contributed by atoms with Crippen LogP contribution in [0.5, 0.6) is 0 Å². The van der Waals surface area contributed by atoms with Gasteiger partial charge in [-0.15, -0.1) is 0 Å². The summed E-state index contributed by atoms with van der Waals surface area (Å²) in [6.45, 7) is 5.27. The zero-order valence-electron chi connectivity index (χ0n) is 19.9. The van der Waals surface area contributed by atoms with Gasteiger partial charge in [-0.3, -0.25) is 9.79 Å². The lowest BCUT2D eigenvalue weighted by Crippen LogP contribution is -2.35. The van der Waals surface area contributed by atoms with Crippen LogP contribution in [0.2, 0.25) is 0 Å². The Morgan fingerprint density at radius 2 is 1.86 bits per heavy atom. The number of ether oxygens (including phenoxy) is 1. The molecule has 0 saturated carbocycles. The molecule has 2 atom stereocenters. The number of aliphatic imine (C=N–C) groups is 1. The molecule has 0 bridgehead atoms. The number of anilines is 1. The highest BCUT2D eigenvalue weighted by Crippen LogP contribution is 2.37. The standard InChI is InChI=1S/C25H26BrF4N3O3/c1-24(2,3)36-23(35)31-13-14-5-4-6-15(9-14)20-10-16(11-21(32-20)25(28,29)30)22(34)33-19-8-7-17(26)12-18(19)27/h4-9,12,16,20H,10-11,13H2,1-3H3,(H,31,35)(H,33,34). The minimum atomic E-state index is -4.71. The van der Waals surface area contributed by atoms with Gasteiger partial charge >= 0.3 is 12.3 Å². The quantitative estimate of drug-likeness (QED) is 0.391. The van der Waals surface area contributed by atoms with E-state index in [2.05, 4.69) is 31.6 Å². The lowest BCUT2D eigenvalue weighted by molar-refractivity contribution is -0.120. The van der Waals surface area contributed by atoms with E-state index in [4.69, 9.17) is 4.74 Å². The number of rotatable bonds is 5. The van der Waals surface area contributed by atoms with Crippen molar-refractivity contribution in [1.82, 2.24) is 5.32 Å². The SMILES string of the molecule is CC(C)(C)OC(=O)NCc1cccc(C2CC(C(=O)Nc3ccc(Br)cc3F)CC(C(F)(F)F)=N2)c1. The Balaban J connectivity index is 1.78. The van der Waals surface area contributed by atoms with Gasteiger partial charge < -0.3 is 15.4 Å². The van der Waals surface area contributed by atoms with Crippen LogP contribution in [-0.2, 0) is 16.1 Å². The molecule has 36 heavy (non-hydrogen) atoms. The molecule has 2 amide bonds. The first-order valence-electron chi connectivity index (χ1n) is 11.2. The second-order valence-electron chi connectivity index (χ2n) is 9.44. The fourth-order valence-corrected chi connectivity index (χ4v) is 4.04. The smallest absolute Gasteiger partial charge is 0.429 e. The topological polar surface area (TPSA) is 79.8 Å². The fraction of sp³-hybridized carbons (Fsp3) is 0.400. The zero-order chi connectivity index (χ0) is 26.7. The fourth-order valence-electron chi connectivity index (χ4n) is 3.70. The number of amides is 2. The number of benzene rings is 2. The number of alkyl carbamates (subject to hydrolysis) is 1.